The molecular weight excluding hydrogens is 647 g/mol. The average molecular weight is 661 g/mol. The highest BCUT2D eigenvalue weighted by Gasteiger charge is 2.67. The lowest BCUT2D eigenvalue weighted by Crippen LogP contribution is -2.23. The maximum atomic E-state index is 13.0. The summed E-state index contributed by atoms with van der Waals surface area (Å²) in [5, 5.41) is 5.73. The minimum absolute atomic E-state index is 0.00157. The van der Waals surface area contributed by atoms with Crippen molar-refractivity contribution in [2.75, 3.05) is 10.6 Å². The zero-order valence-corrected chi connectivity index (χ0v) is 23.6. The Morgan fingerprint density at radius 2 is 1.38 bits per heavy atom. The van der Waals surface area contributed by atoms with Crippen LogP contribution in [0, 0.1) is 5.92 Å². The van der Waals surface area contributed by atoms with Crippen LogP contribution in [0.25, 0.3) is 0 Å². The first-order chi connectivity index (χ1) is 18.0. The number of carbonyl (C=O) groups is 2. The van der Waals surface area contributed by atoms with Crippen LogP contribution in [0.15, 0.2) is 65.6 Å². The maximum Gasteiger partial charge on any atom is 0.501 e. The molecule has 0 unspecified atom stereocenters. The van der Waals surface area contributed by atoms with Gasteiger partial charge >= 0.3 is 5.51 Å². The van der Waals surface area contributed by atoms with Crippen molar-refractivity contribution in [3.63, 3.8) is 0 Å². The number of benzene rings is 3. The fourth-order valence-electron chi connectivity index (χ4n) is 3.87. The van der Waals surface area contributed by atoms with Crippen LogP contribution < -0.4 is 10.6 Å². The van der Waals surface area contributed by atoms with Gasteiger partial charge in [0, 0.05) is 27.3 Å². The predicted molar refractivity (Wildman–Crippen MR) is 145 cm³/mol. The lowest BCUT2D eigenvalue weighted by molar-refractivity contribution is -0.117. The number of rotatable bonds is 6. The largest absolute Gasteiger partial charge is 0.501 e. The van der Waals surface area contributed by atoms with Gasteiger partial charge in [-0.1, -0.05) is 34.8 Å². The molecule has 0 aromatic heterocycles. The highest BCUT2D eigenvalue weighted by Crippen LogP contribution is 2.65. The van der Waals surface area contributed by atoms with Gasteiger partial charge in [0.15, 0.2) is 0 Å². The highest BCUT2D eigenvalue weighted by molar-refractivity contribution is 7.92. The molecule has 15 heteroatoms. The Bertz CT molecular complexity index is 1560. The summed E-state index contributed by atoms with van der Waals surface area (Å²) >= 11 is 31.0. The first-order valence-electron chi connectivity index (χ1n) is 10.7. The SMILES string of the molecule is O=C(Nc1ccc(S(=O)(=O)C(F)(F)F)cc1)c1cc(NC(=O)[C@@H]2[C@@H](c3cc(Cl)cc(Cl)c3)C2(Cl)Cl)ccc1Cl. The summed E-state index contributed by atoms with van der Waals surface area (Å²) in [6.45, 7) is 0. The maximum absolute atomic E-state index is 13.0. The van der Waals surface area contributed by atoms with E-state index in [0.29, 0.717) is 27.7 Å². The molecule has 39 heavy (non-hydrogen) atoms. The number of alkyl halides is 5. The molecule has 3 aromatic carbocycles. The Morgan fingerprint density at radius 3 is 1.95 bits per heavy atom. The third kappa shape index (κ3) is 6.11. The van der Waals surface area contributed by atoms with Crippen molar-refractivity contribution in [2.45, 2.75) is 20.7 Å². The molecule has 0 saturated heterocycles. The number of carbonyl (C=O) groups excluding carboxylic acids is 2. The summed E-state index contributed by atoms with van der Waals surface area (Å²) < 4.78 is 59.8. The van der Waals surface area contributed by atoms with Gasteiger partial charge in [0.2, 0.25) is 5.91 Å². The Balaban J connectivity index is 1.48. The van der Waals surface area contributed by atoms with Crippen LogP contribution in [0.4, 0.5) is 24.5 Å². The van der Waals surface area contributed by atoms with Gasteiger partial charge in [-0.05, 0) is 66.2 Å². The van der Waals surface area contributed by atoms with Crippen LogP contribution in [0.2, 0.25) is 15.1 Å². The van der Waals surface area contributed by atoms with Crippen LogP contribution in [0.5, 0.6) is 0 Å². The van der Waals surface area contributed by atoms with Crippen LogP contribution >= 0.6 is 58.0 Å². The van der Waals surface area contributed by atoms with E-state index in [1.165, 1.54) is 24.3 Å². The standard InChI is InChI=1S/C24H14Cl5F3N2O4S/c25-12-7-11(8-13(26)9-12)19-20(23(19,28)29)22(36)34-15-3-6-18(27)17(10-15)21(35)33-14-1-4-16(5-2-14)39(37,38)24(30,31)32/h1-10,19-20H,(H,33,35)(H,34,36)/t19-,20+/m1/s1. The van der Waals surface area contributed by atoms with E-state index < -0.39 is 48.2 Å². The van der Waals surface area contributed by atoms with Crippen molar-refractivity contribution in [3.8, 4) is 0 Å². The molecule has 0 spiro atoms. The van der Waals surface area contributed by atoms with E-state index >= 15 is 0 Å². The van der Waals surface area contributed by atoms with Crippen molar-refractivity contribution in [1.29, 1.82) is 0 Å². The lowest BCUT2D eigenvalue weighted by atomic mass is 10.1. The van der Waals surface area contributed by atoms with E-state index in [0.717, 1.165) is 12.1 Å². The normalized spacial score (nSPS) is 18.4. The summed E-state index contributed by atoms with van der Waals surface area (Å²) in [6.07, 6.45) is 0. The number of hydrogen-bond acceptors (Lipinski definition) is 4. The topological polar surface area (TPSA) is 92.3 Å². The van der Waals surface area contributed by atoms with E-state index in [2.05, 4.69) is 10.6 Å². The first kappa shape index (κ1) is 29.8. The Morgan fingerprint density at radius 1 is 0.821 bits per heavy atom. The number of anilines is 2. The van der Waals surface area contributed by atoms with Crippen molar-refractivity contribution in [3.05, 3.63) is 86.9 Å². The number of hydrogen-bond donors (Lipinski definition) is 2. The van der Waals surface area contributed by atoms with Gasteiger partial charge < -0.3 is 10.6 Å². The summed E-state index contributed by atoms with van der Waals surface area (Å²) in [5.74, 6) is -2.79. The predicted octanol–water partition coefficient (Wildman–Crippen LogP) is 7.72. The van der Waals surface area contributed by atoms with Gasteiger partial charge in [-0.25, -0.2) is 8.42 Å². The van der Waals surface area contributed by atoms with E-state index in [9.17, 15) is 31.2 Å². The molecule has 206 valence electrons. The summed E-state index contributed by atoms with van der Waals surface area (Å²) in [7, 11) is -5.54. The Labute approximate surface area is 245 Å². The van der Waals surface area contributed by atoms with Gasteiger partial charge in [-0.2, -0.15) is 13.2 Å². The van der Waals surface area contributed by atoms with E-state index in [1.54, 1.807) is 12.1 Å². The summed E-state index contributed by atoms with van der Waals surface area (Å²) in [5.41, 5.74) is -4.80. The number of amides is 2. The minimum Gasteiger partial charge on any atom is -0.326 e. The van der Waals surface area contributed by atoms with Crippen LogP contribution in [0.1, 0.15) is 21.8 Å². The number of halogens is 8. The molecule has 0 radical (unpaired) electrons. The van der Waals surface area contributed by atoms with Crippen LogP contribution in [-0.4, -0.2) is 30.1 Å². The number of sulfone groups is 1. The van der Waals surface area contributed by atoms with Crippen molar-refractivity contribution in [2.24, 2.45) is 5.92 Å². The van der Waals surface area contributed by atoms with Gasteiger partial charge in [-0.15, -0.1) is 23.2 Å². The van der Waals surface area contributed by atoms with Crippen molar-refractivity contribution >= 4 is 91.0 Å². The molecule has 1 fully saturated rings. The third-order valence-corrected chi connectivity index (χ3v) is 8.99. The molecule has 2 N–H and O–H groups in total. The summed E-state index contributed by atoms with van der Waals surface area (Å²) in [4.78, 5) is 24.8. The van der Waals surface area contributed by atoms with Gasteiger partial charge in [-0.3, -0.25) is 9.59 Å². The van der Waals surface area contributed by atoms with E-state index in [4.69, 9.17) is 58.0 Å². The number of nitrogens with one attached hydrogen (secondary N) is 2. The molecule has 0 aliphatic heterocycles. The molecule has 4 rings (SSSR count). The molecule has 0 heterocycles. The molecule has 0 bridgehead atoms. The fraction of sp³-hybridized carbons (Fsp3) is 0.167. The van der Waals surface area contributed by atoms with E-state index in [1.807, 2.05) is 0 Å². The second-order valence-corrected chi connectivity index (χ2v) is 13.1. The molecule has 2 atom stereocenters. The lowest BCUT2D eigenvalue weighted by Gasteiger charge is -2.11. The molecule has 2 amide bonds. The first-order valence-corrected chi connectivity index (χ1v) is 14.1. The van der Waals surface area contributed by atoms with Crippen molar-refractivity contribution < 1.29 is 31.2 Å². The van der Waals surface area contributed by atoms with E-state index in [-0.39, 0.29) is 22.0 Å². The van der Waals surface area contributed by atoms with Gasteiger partial charge in [0.05, 0.1) is 21.4 Å². The quantitative estimate of drug-likeness (QED) is 0.265. The summed E-state index contributed by atoms with van der Waals surface area (Å²) in [6, 6.07) is 12.2. The molecule has 1 saturated carbocycles. The van der Waals surface area contributed by atoms with Gasteiger partial charge in [0.25, 0.3) is 15.7 Å². The van der Waals surface area contributed by atoms with Crippen LogP contribution in [-0.2, 0) is 14.6 Å². The monoisotopic (exact) mass is 658 g/mol. The zero-order chi connectivity index (χ0) is 28.9. The highest BCUT2D eigenvalue weighted by atomic mass is 35.5. The molecule has 6 nitrogen and oxygen atoms in total. The average Bonchev–Trinajstić information content (AvgIpc) is 3.41. The molecule has 1 aliphatic carbocycles. The van der Waals surface area contributed by atoms with Crippen molar-refractivity contribution in [1.82, 2.24) is 0 Å². The fourth-order valence-corrected chi connectivity index (χ4v) is 6.21. The molecule has 3 aromatic rings. The molecule has 1 aliphatic rings. The minimum atomic E-state index is -5.54. The van der Waals surface area contributed by atoms with Crippen LogP contribution in [0.3, 0.4) is 0 Å². The second kappa shape index (κ2) is 10.6. The zero-order valence-electron chi connectivity index (χ0n) is 19.0. The third-order valence-electron chi connectivity index (χ3n) is 5.79. The van der Waals surface area contributed by atoms with Gasteiger partial charge in [0.1, 0.15) is 4.33 Å². The smallest absolute Gasteiger partial charge is 0.326 e. The Hall–Kier alpha value is -2.21. The molecular formula is C24H14Cl5F3N2O4S. The second-order valence-electron chi connectivity index (χ2n) is 8.44. The Kier molecular flexibility index (Phi) is 8.12.